The summed E-state index contributed by atoms with van der Waals surface area (Å²) in [7, 11) is 0. The Labute approximate surface area is 92.9 Å². The Hall–Kier alpha value is -1.42. The topological polar surface area (TPSA) is 46.5 Å². The molecule has 0 spiro atoms. The van der Waals surface area contributed by atoms with Gasteiger partial charge in [0, 0.05) is 0 Å². The van der Waals surface area contributed by atoms with Gasteiger partial charge >= 0.3 is 5.97 Å². The summed E-state index contributed by atoms with van der Waals surface area (Å²) in [5.74, 6) is -1.66. The molecular weight excluding hydrogens is 211 g/mol. The van der Waals surface area contributed by atoms with E-state index in [0.717, 1.165) is 18.9 Å². The number of hydrogen-bond acceptors (Lipinski definition) is 2. The number of carbonyl (C=O) groups is 1. The fourth-order valence-corrected chi connectivity index (χ4v) is 1.62. The second kappa shape index (κ2) is 4.61. The van der Waals surface area contributed by atoms with Gasteiger partial charge < -0.3 is 9.84 Å². The molecule has 0 unspecified atom stereocenters. The lowest BCUT2D eigenvalue weighted by Crippen LogP contribution is -2.21. The minimum Gasteiger partial charge on any atom is -0.478 e. The fourth-order valence-electron chi connectivity index (χ4n) is 1.62. The van der Waals surface area contributed by atoms with Crippen molar-refractivity contribution in [1.29, 1.82) is 0 Å². The summed E-state index contributed by atoms with van der Waals surface area (Å²) in [6.07, 6.45) is 3.47. The highest BCUT2D eigenvalue weighted by molar-refractivity contribution is 5.89. The lowest BCUT2D eigenvalue weighted by atomic mass is 9.96. The van der Waals surface area contributed by atoms with Crippen LogP contribution in [0.2, 0.25) is 0 Å². The van der Waals surface area contributed by atoms with Gasteiger partial charge in [-0.2, -0.15) is 0 Å². The molecule has 1 fully saturated rings. The van der Waals surface area contributed by atoms with E-state index in [1.54, 1.807) is 0 Å². The van der Waals surface area contributed by atoms with E-state index in [1.807, 2.05) is 0 Å². The van der Waals surface area contributed by atoms with Gasteiger partial charge in [0.1, 0.15) is 5.82 Å². The highest BCUT2D eigenvalue weighted by Gasteiger charge is 2.19. The van der Waals surface area contributed by atoms with Crippen LogP contribution in [-0.4, -0.2) is 17.2 Å². The van der Waals surface area contributed by atoms with Crippen molar-refractivity contribution in [3.8, 4) is 0 Å². The maximum absolute atomic E-state index is 12.9. The molecule has 1 aliphatic carbocycles. The smallest absolute Gasteiger partial charge is 0.336 e. The molecule has 1 aromatic rings. The van der Waals surface area contributed by atoms with Gasteiger partial charge in [0.05, 0.1) is 18.3 Å². The van der Waals surface area contributed by atoms with E-state index in [-0.39, 0.29) is 18.3 Å². The average molecular weight is 224 g/mol. The lowest BCUT2D eigenvalue weighted by Gasteiger charge is -2.25. The third kappa shape index (κ3) is 2.39. The van der Waals surface area contributed by atoms with Crippen molar-refractivity contribution in [2.45, 2.75) is 32.0 Å². The zero-order valence-corrected chi connectivity index (χ0v) is 8.78. The monoisotopic (exact) mass is 224 g/mol. The molecule has 2 rings (SSSR count). The highest BCUT2D eigenvalue weighted by atomic mass is 19.1. The Morgan fingerprint density at radius 3 is 2.81 bits per heavy atom. The minimum absolute atomic E-state index is 0.0145. The maximum atomic E-state index is 12.9. The van der Waals surface area contributed by atoms with Gasteiger partial charge in [-0.1, -0.05) is 6.07 Å². The molecule has 1 saturated carbocycles. The quantitative estimate of drug-likeness (QED) is 0.855. The first-order valence-corrected chi connectivity index (χ1v) is 5.30. The molecule has 86 valence electrons. The van der Waals surface area contributed by atoms with Crippen LogP contribution in [0.3, 0.4) is 0 Å². The van der Waals surface area contributed by atoms with Crippen LogP contribution in [0.1, 0.15) is 35.2 Å². The van der Waals surface area contributed by atoms with Crippen LogP contribution in [0.4, 0.5) is 4.39 Å². The van der Waals surface area contributed by atoms with Crippen molar-refractivity contribution in [3.63, 3.8) is 0 Å². The summed E-state index contributed by atoms with van der Waals surface area (Å²) in [4.78, 5) is 10.9. The minimum atomic E-state index is -1.12. The van der Waals surface area contributed by atoms with Crippen LogP contribution in [0.15, 0.2) is 18.2 Å². The Morgan fingerprint density at radius 2 is 2.25 bits per heavy atom. The van der Waals surface area contributed by atoms with Gasteiger partial charge in [0.2, 0.25) is 0 Å². The molecule has 16 heavy (non-hydrogen) atoms. The van der Waals surface area contributed by atoms with Crippen molar-refractivity contribution in [1.82, 2.24) is 0 Å². The van der Waals surface area contributed by atoms with Crippen LogP contribution < -0.4 is 0 Å². The van der Waals surface area contributed by atoms with Crippen molar-refractivity contribution >= 4 is 5.97 Å². The highest BCUT2D eigenvalue weighted by Crippen LogP contribution is 2.24. The van der Waals surface area contributed by atoms with Crippen molar-refractivity contribution in [2.24, 2.45) is 0 Å². The number of ether oxygens (including phenoxy) is 1. The molecular formula is C12H13FO3. The maximum Gasteiger partial charge on any atom is 0.336 e. The Kier molecular flexibility index (Phi) is 3.19. The summed E-state index contributed by atoms with van der Waals surface area (Å²) < 4.78 is 18.4. The molecule has 0 bridgehead atoms. The second-order valence-electron chi connectivity index (χ2n) is 3.97. The van der Waals surface area contributed by atoms with Gasteiger partial charge in [-0.25, -0.2) is 9.18 Å². The number of carboxylic acids is 1. The number of halogens is 1. The molecule has 0 aliphatic heterocycles. The third-order valence-corrected chi connectivity index (χ3v) is 2.83. The normalized spacial score (nSPS) is 15.8. The summed E-state index contributed by atoms with van der Waals surface area (Å²) in [5.41, 5.74) is 0.514. The predicted octanol–water partition coefficient (Wildman–Crippen LogP) is 2.59. The van der Waals surface area contributed by atoms with Crippen molar-refractivity contribution < 1.29 is 19.0 Å². The van der Waals surface area contributed by atoms with Crippen molar-refractivity contribution in [2.75, 3.05) is 0 Å². The Balaban J connectivity index is 2.08. The molecule has 1 aromatic carbocycles. The summed E-state index contributed by atoms with van der Waals surface area (Å²) >= 11 is 0. The van der Waals surface area contributed by atoms with E-state index in [4.69, 9.17) is 9.84 Å². The SMILES string of the molecule is O=C(O)c1cc(F)ccc1COC1CCC1. The van der Waals surface area contributed by atoms with Gasteiger partial charge in [-0.15, -0.1) is 0 Å². The van der Waals surface area contributed by atoms with E-state index in [9.17, 15) is 9.18 Å². The molecule has 0 aromatic heterocycles. The van der Waals surface area contributed by atoms with Gasteiger partial charge in [0.25, 0.3) is 0 Å². The van der Waals surface area contributed by atoms with Crippen molar-refractivity contribution in [3.05, 3.63) is 35.1 Å². The average Bonchev–Trinajstić information content (AvgIpc) is 2.17. The molecule has 0 radical (unpaired) electrons. The predicted molar refractivity (Wildman–Crippen MR) is 55.8 cm³/mol. The second-order valence-corrected chi connectivity index (χ2v) is 3.97. The summed E-state index contributed by atoms with van der Waals surface area (Å²) in [6, 6.07) is 3.76. The molecule has 0 atom stereocenters. The number of hydrogen-bond donors (Lipinski definition) is 1. The lowest BCUT2D eigenvalue weighted by molar-refractivity contribution is -0.00911. The van der Waals surface area contributed by atoms with Gasteiger partial charge in [-0.05, 0) is 37.0 Å². The number of rotatable bonds is 4. The first-order chi connectivity index (χ1) is 7.66. The van der Waals surface area contributed by atoms with Gasteiger partial charge in [-0.3, -0.25) is 0 Å². The molecule has 1 aliphatic rings. The largest absolute Gasteiger partial charge is 0.478 e. The fraction of sp³-hybridized carbons (Fsp3) is 0.417. The van der Waals surface area contributed by atoms with Crippen LogP contribution in [0.5, 0.6) is 0 Å². The number of carboxylic acid groups (broad SMARTS) is 1. The van der Waals surface area contributed by atoms with E-state index in [2.05, 4.69) is 0 Å². The number of aromatic carboxylic acids is 1. The molecule has 0 heterocycles. The van der Waals surface area contributed by atoms with Crippen LogP contribution in [-0.2, 0) is 11.3 Å². The summed E-state index contributed by atoms with van der Waals surface area (Å²) in [5, 5.41) is 8.90. The Bertz CT molecular complexity index is 399. The standard InChI is InChI=1S/C12H13FO3/c13-9-5-4-8(11(6-9)12(14)15)7-16-10-2-1-3-10/h4-6,10H,1-3,7H2,(H,14,15). The first kappa shape index (κ1) is 11.1. The zero-order valence-electron chi connectivity index (χ0n) is 8.78. The van der Waals surface area contributed by atoms with E-state index in [1.165, 1.54) is 18.6 Å². The van der Waals surface area contributed by atoms with Gasteiger partial charge in [0.15, 0.2) is 0 Å². The molecule has 0 amide bonds. The number of benzene rings is 1. The van der Waals surface area contributed by atoms with E-state index in [0.29, 0.717) is 5.56 Å². The first-order valence-electron chi connectivity index (χ1n) is 5.30. The van der Waals surface area contributed by atoms with Crippen LogP contribution in [0, 0.1) is 5.82 Å². The Morgan fingerprint density at radius 1 is 1.50 bits per heavy atom. The molecule has 0 saturated heterocycles. The van der Waals surface area contributed by atoms with E-state index >= 15 is 0 Å². The zero-order chi connectivity index (χ0) is 11.5. The van der Waals surface area contributed by atoms with Crippen LogP contribution in [0.25, 0.3) is 0 Å². The summed E-state index contributed by atoms with van der Waals surface area (Å²) in [6.45, 7) is 0.243. The van der Waals surface area contributed by atoms with E-state index < -0.39 is 11.8 Å². The molecule has 1 N–H and O–H groups in total. The third-order valence-electron chi connectivity index (χ3n) is 2.83. The molecule has 4 heteroatoms. The molecule has 3 nitrogen and oxygen atoms in total. The van der Waals surface area contributed by atoms with Crippen LogP contribution >= 0.6 is 0 Å².